The zero-order chi connectivity index (χ0) is 28.8. The molecule has 0 radical (unpaired) electrons. The molecule has 1 aliphatic carbocycles. The third-order valence-corrected chi connectivity index (χ3v) is 7.83. The highest BCUT2D eigenvalue weighted by Crippen LogP contribution is 2.39. The lowest BCUT2D eigenvalue weighted by atomic mass is 10.1. The Balaban J connectivity index is 1.49. The van der Waals surface area contributed by atoms with E-state index in [1.165, 1.54) is 6.07 Å². The van der Waals surface area contributed by atoms with Crippen molar-refractivity contribution in [2.24, 2.45) is 0 Å². The van der Waals surface area contributed by atoms with Gasteiger partial charge in [-0.25, -0.2) is 18.6 Å². The molecule has 2 amide bonds. The van der Waals surface area contributed by atoms with Crippen LogP contribution in [0.4, 0.5) is 31.0 Å². The van der Waals surface area contributed by atoms with Crippen molar-refractivity contribution in [2.75, 3.05) is 34.8 Å². The summed E-state index contributed by atoms with van der Waals surface area (Å²) in [7, 11) is 0. The number of fused-ring (bicyclic) bond motifs is 1. The summed E-state index contributed by atoms with van der Waals surface area (Å²) in [5.74, 6) is -0.786. The number of hydrogen-bond donors (Lipinski definition) is 1. The Morgan fingerprint density at radius 1 is 1.10 bits per heavy atom. The van der Waals surface area contributed by atoms with E-state index in [1.54, 1.807) is 18.0 Å². The normalized spacial score (nSPS) is 16.0. The van der Waals surface area contributed by atoms with Crippen LogP contribution in [-0.4, -0.2) is 58.7 Å². The van der Waals surface area contributed by atoms with Crippen molar-refractivity contribution in [3.8, 4) is 5.75 Å². The minimum Gasteiger partial charge on any atom is -0.491 e. The van der Waals surface area contributed by atoms with Crippen LogP contribution in [0.2, 0.25) is 0 Å². The number of unbranched alkanes of at least 4 members (excludes halogenated alkanes) is 2. The van der Waals surface area contributed by atoms with E-state index in [-0.39, 0.29) is 24.9 Å². The average Bonchev–Trinajstić information content (AvgIpc) is 3.44. The first-order valence-corrected chi connectivity index (χ1v) is 14.8. The van der Waals surface area contributed by atoms with Gasteiger partial charge in [-0.15, -0.1) is 0 Å². The van der Waals surface area contributed by atoms with Crippen LogP contribution in [0.3, 0.4) is 0 Å². The number of carbonyl (C=O) groups excluding carboxylic acids is 1. The number of carbonyl (C=O) groups is 1. The molecular formula is C30H44F2N6O2. The molecule has 1 aromatic heterocycles. The Hall–Kier alpha value is -3.01. The molecule has 0 spiro atoms. The van der Waals surface area contributed by atoms with Gasteiger partial charge >= 0.3 is 6.03 Å². The molecule has 1 fully saturated rings. The summed E-state index contributed by atoms with van der Waals surface area (Å²) in [6.07, 6.45) is 8.49. The Kier molecular flexibility index (Phi) is 10.2. The second-order valence-corrected chi connectivity index (χ2v) is 11.3. The minimum absolute atomic E-state index is 0.0245. The van der Waals surface area contributed by atoms with Gasteiger partial charge in [-0.05, 0) is 79.0 Å². The molecule has 2 aromatic rings. The number of hydrogen-bond acceptors (Lipinski definition) is 6. The van der Waals surface area contributed by atoms with E-state index >= 15 is 4.39 Å². The predicted molar refractivity (Wildman–Crippen MR) is 155 cm³/mol. The van der Waals surface area contributed by atoms with E-state index in [0.717, 1.165) is 69.0 Å². The molecule has 8 nitrogen and oxygen atoms in total. The quantitative estimate of drug-likeness (QED) is 0.274. The van der Waals surface area contributed by atoms with E-state index in [1.807, 2.05) is 0 Å². The topological polar surface area (TPSA) is 73.8 Å². The fourth-order valence-corrected chi connectivity index (χ4v) is 5.87. The van der Waals surface area contributed by atoms with E-state index in [9.17, 15) is 9.18 Å². The third kappa shape index (κ3) is 6.65. The van der Waals surface area contributed by atoms with Crippen molar-refractivity contribution in [2.45, 2.75) is 104 Å². The standard InChI is InChI=1S/C30H44F2N6O2/c1-6-40-25-15-14-24(31)27(26(25)32)37-19-22-18-34-29(33-16-10-7-11-17-36(20(2)3)21(4)5)35-28(22)38(30(37)39)23-12-8-9-13-23/h14-15,18,20-21,23H,6-13,16-17,19H2,1-5H3,(H,33,34,35). The molecule has 0 unspecified atom stereocenters. The lowest BCUT2D eigenvalue weighted by molar-refractivity contribution is 0.171. The van der Waals surface area contributed by atoms with Crippen LogP contribution >= 0.6 is 0 Å². The first-order valence-electron chi connectivity index (χ1n) is 14.8. The van der Waals surface area contributed by atoms with Crippen molar-refractivity contribution >= 4 is 23.5 Å². The maximum absolute atomic E-state index is 15.4. The summed E-state index contributed by atoms with van der Waals surface area (Å²) in [4.78, 5) is 28.3. The van der Waals surface area contributed by atoms with Crippen LogP contribution in [0.25, 0.3) is 0 Å². The number of nitrogens with one attached hydrogen (secondary N) is 1. The molecule has 10 heteroatoms. The van der Waals surface area contributed by atoms with Crippen LogP contribution < -0.4 is 19.9 Å². The second-order valence-electron chi connectivity index (χ2n) is 11.3. The molecule has 2 aliphatic rings. The lowest BCUT2D eigenvalue weighted by Gasteiger charge is -2.39. The molecule has 2 heterocycles. The van der Waals surface area contributed by atoms with Gasteiger partial charge in [0, 0.05) is 36.4 Å². The third-order valence-electron chi connectivity index (χ3n) is 7.83. The number of rotatable bonds is 13. The molecule has 220 valence electrons. The first-order chi connectivity index (χ1) is 19.2. The number of nitrogens with zero attached hydrogens (tertiary/aromatic N) is 5. The maximum atomic E-state index is 15.4. The molecule has 1 aromatic carbocycles. The Labute approximate surface area is 237 Å². The van der Waals surface area contributed by atoms with Crippen molar-refractivity contribution in [3.05, 3.63) is 35.5 Å². The summed E-state index contributed by atoms with van der Waals surface area (Å²) in [5, 5.41) is 3.31. The summed E-state index contributed by atoms with van der Waals surface area (Å²) in [6.45, 7) is 12.7. The number of anilines is 3. The van der Waals surface area contributed by atoms with Crippen LogP contribution in [0.5, 0.6) is 5.75 Å². The SMILES string of the molecule is CCOc1ccc(F)c(N2Cc3cnc(NCCCCCN(C(C)C)C(C)C)nc3N(C3CCCC3)C2=O)c1F. The van der Waals surface area contributed by atoms with Crippen molar-refractivity contribution < 1.29 is 18.3 Å². The summed E-state index contributed by atoms with van der Waals surface area (Å²) >= 11 is 0. The maximum Gasteiger partial charge on any atom is 0.330 e. The van der Waals surface area contributed by atoms with Crippen molar-refractivity contribution in [3.63, 3.8) is 0 Å². The summed E-state index contributed by atoms with van der Waals surface area (Å²) in [5.41, 5.74) is 0.250. The smallest absolute Gasteiger partial charge is 0.330 e. The molecule has 1 N–H and O–H groups in total. The molecule has 0 saturated heterocycles. The Bertz CT molecular complexity index is 1150. The first kappa shape index (κ1) is 30.0. The summed E-state index contributed by atoms with van der Waals surface area (Å²) < 4.78 is 35.7. The van der Waals surface area contributed by atoms with Gasteiger partial charge in [0.2, 0.25) is 5.95 Å². The Morgan fingerprint density at radius 3 is 2.50 bits per heavy atom. The van der Waals surface area contributed by atoms with Gasteiger partial charge in [0.15, 0.2) is 11.6 Å². The molecule has 0 bridgehead atoms. The molecule has 0 atom stereocenters. The van der Waals surface area contributed by atoms with Crippen molar-refractivity contribution in [1.82, 2.24) is 14.9 Å². The largest absolute Gasteiger partial charge is 0.491 e. The molecule has 40 heavy (non-hydrogen) atoms. The number of halogens is 2. The lowest BCUT2D eigenvalue weighted by Crippen LogP contribution is -2.52. The van der Waals surface area contributed by atoms with E-state index in [0.29, 0.717) is 29.4 Å². The average molecular weight is 559 g/mol. The molecular weight excluding hydrogens is 514 g/mol. The zero-order valence-electron chi connectivity index (χ0n) is 24.6. The van der Waals surface area contributed by atoms with Crippen LogP contribution in [0, 0.1) is 11.6 Å². The van der Waals surface area contributed by atoms with Crippen LogP contribution in [0.15, 0.2) is 18.3 Å². The fourth-order valence-electron chi connectivity index (χ4n) is 5.87. The number of amides is 2. The highest BCUT2D eigenvalue weighted by atomic mass is 19.1. The molecule has 1 aliphatic heterocycles. The zero-order valence-corrected chi connectivity index (χ0v) is 24.6. The van der Waals surface area contributed by atoms with Crippen molar-refractivity contribution in [1.29, 1.82) is 0 Å². The second kappa shape index (κ2) is 13.6. The molecule has 4 rings (SSSR count). The number of urea groups is 1. The summed E-state index contributed by atoms with van der Waals surface area (Å²) in [6, 6.07) is 2.90. The predicted octanol–water partition coefficient (Wildman–Crippen LogP) is 6.74. The minimum atomic E-state index is -0.880. The molecule has 1 saturated carbocycles. The number of aromatic nitrogens is 2. The monoisotopic (exact) mass is 558 g/mol. The van der Waals surface area contributed by atoms with Crippen LogP contribution in [-0.2, 0) is 6.54 Å². The fraction of sp³-hybridized carbons (Fsp3) is 0.633. The van der Waals surface area contributed by atoms with Gasteiger partial charge in [0.25, 0.3) is 0 Å². The number of ether oxygens (including phenoxy) is 1. The van der Waals surface area contributed by atoms with Gasteiger partial charge in [0.05, 0.1) is 13.2 Å². The van der Waals surface area contributed by atoms with E-state index < -0.39 is 23.4 Å². The Morgan fingerprint density at radius 2 is 1.82 bits per heavy atom. The highest BCUT2D eigenvalue weighted by Gasteiger charge is 2.40. The van der Waals surface area contributed by atoms with E-state index in [4.69, 9.17) is 9.72 Å². The van der Waals surface area contributed by atoms with Gasteiger partial charge in [-0.3, -0.25) is 14.7 Å². The van der Waals surface area contributed by atoms with Crippen LogP contribution in [0.1, 0.15) is 85.1 Å². The number of benzene rings is 1. The van der Waals surface area contributed by atoms with E-state index in [2.05, 4.69) is 42.9 Å². The van der Waals surface area contributed by atoms with Gasteiger partial charge in [-0.1, -0.05) is 19.3 Å². The van der Waals surface area contributed by atoms with Gasteiger partial charge in [-0.2, -0.15) is 4.98 Å². The van der Waals surface area contributed by atoms with Gasteiger partial charge in [0.1, 0.15) is 17.3 Å². The highest BCUT2D eigenvalue weighted by molar-refractivity contribution is 6.06. The van der Waals surface area contributed by atoms with Gasteiger partial charge < -0.3 is 10.1 Å².